The predicted octanol–water partition coefficient (Wildman–Crippen LogP) is 3.04. The first-order valence-electron chi connectivity index (χ1n) is 5.38. The first-order valence-corrected chi connectivity index (χ1v) is 5.38. The Balaban J connectivity index is 2.73. The number of nitrogens with zero attached hydrogens (tertiary/aromatic N) is 2. The molecule has 0 spiro atoms. The quantitative estimate of drug-likeness (QED) is 0.750. The van der Waals surface area contributed by atoms with Gasteiger partial charge >= 0.3 is 0 Å². The smallest absolute Gasteiger partial charge is 0.0992 e. The molecule has 0 aliphatic rings. The highest BCUT2D eigenvalue weighted by Crippen LogP contribution is 2.16. The van der Waals surface area contributed by atoms with Crippen molar-refractivity contribution in [3.8, 4) is 6.07 Å². The summed E-state index contributed by atoms with van der Waals surface area (Å²) in [5, 5.41) is 8.80. The molecule has 2 heteroatoms. The summed E-state index contributed by atoms with van der Waals surface area (Å²) in [6.45, 7) is 5.47. The lowest BCUT2D eigenvalue weighted by Crippen LogP contribution is -2.23. The summed E-state index contributed by atoms with van der Waals surface area (Å²) in [7, 11) is 2.07. The first-order chi connectivity index (χ1) is 7.17. The maximum absolute atomic E-state index is 8.80. The van der Waals surface area contributed by atoms with E-state index in [1.54, 1.807) is 0 Å². The maximum atomic E-state index is 8.80. The van der Waals surface area contributed by atoms with Crippen molar-refractivity contribution in [2.75, 3.05) is 18.5 Å². The van der Waals surface area contributed by atoms with Crippen LogP contribution in [0.15, 0.2) is 24.3 Å². The van der Waals surface area contributed by atoms with Crippen LogP contribution in [0.2, 0.25) is 0 Å². The van der Waals surface area contributed by atoms with Crippen molar-refractivity contribution in [3.05, 3.63) is 29.8 Å². The molecule has 2 nitrogen and oxygen atoms in total. The molecule has 0 aliphatic heterocycles. The summed E-state index contributed by atoms with van der Waals surface area (Å²) in [4.78, 5) is 2.20. The van der Waals surface area contributed by atoms with Crippen molar-refractivity contribution in [2.24, 2.45) is 5.92 Å². The van der Waals surface area contributed by atoms with Crippen LogP contribution >= 0.6 is 0 Å². The lowest BCUT2D eigenvalue weighted by Gasteiger charge is -2.22. The van der Waals surface area contributed by atoms with Gasteiger partial charge in [-0.3, -0.25) is 0 Å². The van der Waals surface area contributed by atoms with Gasteiger partial charge in [0.1, 0.15) is 0 Å². The molecular formula is C13H18N2. The van der Waals surface area contributed by atoms with E-state index < -0.39 is 0 Å². The zero-order valence-corrected chi connectivity index (χ0v) is 9.70. The maximum Gasteiger partial charge on any atom is 0.0992 e. The molecule has 80 valence electrons. The van der Waals surface area contributed by atoms with E-state index in [0.29, 0.717) is 5.92 Å². The molecule has 0 saturated carbocycles. The Hall–Kier alpha value is -1.49. The number of benzene rings is 1. The minimum absolute atomic E-state index is 0.681. The van der Waals surface area contributed by atoms with E-state index in [4.69, 9.17) is 5.26 Å². The Bertz CT molecular complexity index is 352. The molecule has 1 rings (SSSR count). The number of nitriles is 1. The van der Waals surface area contributed by atoms with Crippen LogP contribution in [0.25, 0.3) is 0 Å². The van der Waals surface area contributed by atoms with Crippen molar-refractivity contribution >= 4 is 5.69 Å². The molecule has 0 amide bonds. The fourth-order valence-electron chi connectivity index (χ4n) is 1.51. The molecule has 1 unspecified atom stereocenters. The van der Waals surface area contributed by atoms with Crippen LogP contribution in [0.4, 0.5) is 5.69 Å². The summed E-state index contributed by atoms with van der Waals surface area (Å²) in [6.07, 6.45) is 1.18. The van der Waals surface area contributed by atoms with Gasteiger partial charge in [0.05, 0.1) is 11.6 Å². The van der Waals surface area contributed by atoms with E-state index in [9.17, 15) is 0 Å². The minimum Gasteiger partial charge on any atom is -0.374 e. The van der Waals surface area contributed by atoms with E-state index in [1.165, 1.54) is 6.42 Å². The molecule has 15 heavy (non-hydrogen) atoms. The third-order valence-electron chi connectivity index (χ3n) is 2.70. The van der Waals surface area contributed by atoms with Crippen molar-refractivity contribution in [1.82, 2.24) is 0 Å². The van der Waals surface area contributed by atoms with E-state index >= 15 is 0 Å². The normalized spacial score (nSPS) is 11.9. The Kier molecular flexibility index (Phi) is 4.17. The Morgan fingerprint density at radius 3 is 2.80 bits per heavy atom. The van der Waals surface area contributed by atoms with E-state index in [1.807, 2.05) is 24.3 Å². The summed E-state index contributed by atoms with van der Waals surface area (Å²) in [6, 6.07) is 9.91. The van der Waals surface area contributed by atoms with E-state index in [2.05, 4.69) is 31.9 Å². The highest BCUT2D eigenvalue weighted by atomic mass is 15.1. The van der Waals surface area contributed by atoms with Crippen molar-refractivity contribution in [2.45, 2.75) is 20.3 Å². The minimum atomic E-state index is 0.681. The molecule has 0 aromatic heterocycles. The van der Waals surface area contributed by atoms with Gasteiger partial charge in [-0.1, -0.05) is 26.3 Å². The van der Waals surface area contributed by atoms with Crippen LogP contribution in [0.3, 0.4) is 0 Å². The third-order valence-corrected chi connectivity index (χ3v) is 2.70. The molecule has 1 aromatic rings. The first kappa shape index (κ1) is 11.6. The molecule has 0 heterocycles. The Morgan fingerprint density at radius 2 is 2.20 bits per heavy atom. The highest BCUT2D eigenvalue weighted by molar-refractivity contribution is 5.50. The number of anilines is 1. The molecule has 0 fully saturated rings. The molecule has 0 radical (unpaired) electrons. The van der Waals surface area contributed by atoms with Gasteiger partial charge in [-0.25, -0.2) is 0 Å². The average Bonchev–Trinajstić information content (AvgIpc) is 2.28. The van der Waals surface area contributed by atoms with Gasteiger partial charge < -0.3 is 4.90 Å². The summed E-state index contributed by atoms with van der Waals surface area (Å²) >= 11 is 0. The van der Waals surface area contributed by atoms with Crippen LogP contribution in [0.1, 0.15) is 25.8 Å². The third kappa shape index (κ3) is 3.28. The molecule has 0 saturated heterocycles. The lowest BCUT2D eigenvalue weighted by atomic mass is 10.1. The second-order valence-corrected chi connectivity index (χ2v) is 4.06. The second kappa shape index (κ2) is 5.41. The molecule has 0 aliphatic carbocycles. The zero-order chi connectivity index (χ0) is 11.3. The fraction of sp³-hybridized carbons (Fsp3) is 0.462. The number of hydrogen-bond donors (Lipinski definition) is 0. The van der Waals surface area contributed by atoms with Gasteiger partial charge in [0.2, 0.25) is 0 Å². The van der Waals surface area contributed by atoms with E-state index in [-0.39, 0.29) is 0 Å². The lowest BCUT2D eigenvalue weighted by molar-refractivity contribution is 0.560. The summed E-state index contributed by atoms with van der Waals surface area (Å²) in [5.41, 5.74) is 1.85. The van der Waals surface area contributed by atoms with Crippen LogP contribution in [0, 0.1) is 17.2 Å². The monoisotopic (exact) mass is 202 g/mol. The number of hydrogen-bond acceptors (Lipinski definition) is 2. The number of rotatable bonds is 4. The standard InChI is InChI=1S/C13H18N2/c1-4-11(2)10-15(3)13-7-5-6-12(8-13)9-14/h5-8,11H,4,10H2,1-3H3. The van der Waals surface area contributed by atoms with Gasteiger partial charge in [0, 0.05) is 19.3 Å². The summed E-state index contributed by atoms with van der Waals surface area (Å²) < 4.78 is 0. The zero-order valence-electron chi connectivity index (χ0n) is 9.70. The predicted molar refractivity (Wildman–Crippen MR) is 63.9 cm³/mol. The SMILES string of the molecule is CCC(C)CN(C)c1cccc(C#N)c1. The second-order valence-electron chi connectivity index (χ2n) is 4.06. The molecule has 0 N–H and O–H groups in total. The highest BCUT2D eigenvalue weighted by Gasteiger charge is 2.05. The largest absolute Gasteiger partial charge is 0.374 e. The molecule has 1 atom stereocenters. The molecular weight excluding hydrogens is 184 g/mol. The van der Waals surface area contributed by atoms with Crippen molar-refractivity contribution in [3.63, 3.8) is 0 Å². The summed E-state index contributed by atoms with van der Waals surface area (Å²) in [5.74, 6) is 0.681. The van der Waals surface area contributed by atoms with Gasteiger partial charge in [-0.05, 0) is 24.1 Å². The topological polar surface area (TPSA) is 27.0 Å². The molecule has 0 bridgehead atoms. The van der Waals surface area contributed by atoms with Crippen molar-refractivity contribution in [1.29, 1.82) is 5.26 Å². The fourth-order valence-corrected chi connectivity index (χ4v) is 1.51. The van der Waals surface area contributed by atoms with E-state index in [0.717, 1.165) is 17.8 Å². The van der Waals surface area contributed by atoms with Gasteiger partial charge in [-0.15, -0.1) is 0 Å². The van der Waals surface area contributed by atoms with Crippen LogP contribution in [0.5, 0.6) is 0 Å². The average molecular weight is 202 g/mol. The van der Waals surface area contributed by atoms with Gasteiger partial charge in [-0.2, -0.15) is 5.26 Å². The Labute approximate surface area is 92.1 Å². The Morgan fingerprint density at radius 1 is 1.47 bits per heavy atom. The van der Waals surface area contributed by atoms with Gasteiger partial charge in [0.15, 0.2) is 0 Å². The van der Waals surface area contributed by atoms with Gasteiger partial charge in [0.25, 0.3) is 0 Å². The van der Waals surface area contributed by atoms with Crippen LogP contribution in [-0.2, 0) is 0 Å². The molecule has 1 aromatic carbocycles. The van der Waals surface area contributed by atoms with Crippen molar-refractivity contribution < 1.29 is 0 Å². The van der Waals surface area contributed by atoms with Crippen LogP contribution < -0.4 is 4.90 Å². The van der Waals surface area contributed by atoms with Crippen LogP contribution in [-0.4, -0.2) is 13.6 Å².